The van der Waals surface area contributed by atoms with Crippen LogP contribution >= 0.6 is 15.9 Å². The summed E-state index contributed by atoms with van der Waals surface area (Å²) in [7, 11) is -0.380. The molecule has 2 aliphatic carbocycles. The van der Waals surface area contributed by atoms with Crippen molar-refractivity contribution in [3.05, 3.63) is 294 Å². The Hall–Kier alpha value is -9.46. The van der Waals surface area contributed by atoms with Gasteiger partial charge in [0, 0.05) is 60.1 Å². The minimum Gasteiger partial charge on any atom is -0.399 e. The maximum atomic E-state index is 15.3. The molecule has 0 bridgehead atoms. The van der Waals surface area contributed by atoms with Gasteiger partial charge in [0.05, 0.1) is 34.0 Å². The number of rotatable bonds is 8. The first kappa shape index (κ1) is 57.6. The molecule has 3 heterocycles. The molecule has 0 saturated carbocycles. The van der Waals surface area contributed by atoms with Crippen molar-refractivity contribution >= 4 is 28.5 Å². The van der Waals surface area contributed by atoms with Crippen molar-refractivity contribution in [1.29, 1.82) is 0 Å². The second kappa shape index (κ2) is 23.3. The highest BCUT2D eigenvalue weighted by molar-refractivity contribution is 9.10. The molecular formula is C76H56BBrF4N4O2. The van der Waals surface area contributed by atoms with E-state index in [0.29, 0.717) is 38.4 Å². The van der Waals surface area contributed by atoms with Gasteiger partial charge in [-0.3, -0.25) is 0 Å². The number of aromatic nitrogens is 4. The van der Waals surface area contributed by atoms with Crippen LogP contribution in [0.4, 0.5) is 17.6 Å². The second-order valence-electron chi connectivity index (χ2n) is 22.9. The van der Waals surface area contributed by atoms with Crippen LogP contribution in [0.25, 0.3) is 101 Å². The van der Waals surface area contributed by atoms with Crippen molar-refractivity contribution in [2.75, 3.05) is 0 Å². The highest BCUT2D eigenvalue weighted by atomic mass is 79.9. The van der Waals surface area contributed by atoms with E-state index in [1.807, 2.05) is 152 Å². The Balaban J connectivity index is 0.000000132. The van der Waals surface area contributed by atoms with E-state index >= 15 is 8.78 Å². The van der Waals surface area contributed by atoms with Crippen LogP contribution in [0.3, 0.4) is 0 Å². The van der Waals surface area contributed by atoms with E-state index in [1.54, 1.807) is 60.7 Å². The Morgan fingerprint density at radius 2 is 0.625 bits per heavy atom. The van der Waals surface area contributed by atoms with Gasteiger partial charge in [-0.25, -0.2) is 19.9 Å². The summed E-state index contributed by atoms with van der Waals surface area (Å²) in [4.78, 5) is 19.5. The van der Waals surface area contributed by atoms with Crippen LogP contribution in [0, 0.1) is 0 Å². The topological polar surface area (TPSA) is 70.0 Å². The van der Waals surface area contributed by atoms with Crippen LogP contribution in [-0.4, -0.2) is 38.3 Å². The summed E-state index contributed by atoms with van der Waals surface area (Å²) >= 11 is 3.23. The van der Waals surface area contributed by atoms with Gasteiger partial charge >= 0.3 is 7.12 Å². The van der Waals surface area contributed by atoms with E-state index in [0.717, 1.165) is 72.7 Å². The average molecular weight is 1220 g/mol. The number of halogens is 5. The van der Waals surface area contributed by atoms with Gasteiger partial charge in [-0.15, -0.1) is 0 Å². The first-order valence-electron chi connectivity index (χ1n) is 29.0. The third-order valence-electron chi connectivity index (χ3n) is 16.7. The highest BCUT2D eigenvalue weighted by Crippen LogP contribution is 2.53. The maximum absolute atomic E-state index is 15.3. The molecule has 2 aromatic heterocycles. The number of alkyl halides is 4. The molecule has 0 atom stereocenters. The maximum Gasteiger partial charge on any atom is 0.494 e. The van der Waals surface area contributed by atoms with Gasteiger partial charge < -0.3 is 9.31 Å². The molecule has 3 aliphatic rings. The molecule has 15 rings (SSSR count). The summed E-state index contributed by atoms with van der Waals surface area (Å²) in [5.74, 6) is -4.53. The van der Waals surface area contributed by atoms with Crippen LogP contribution in [0.15, 0.2) is 271 Å². The molecule has 12 heteroatoms. The van der Waals surface area contributed by atoms with E-state index in [-0.39, 0.29) is 40.6 Å². The molecule has 1 aliphatic heterocycles. The van der Waals surface area contributed by atoms with Crippen molar-refractivity contribution in [2.45, 2.75) is 50.7 Å². The number of benzene rings is 10. The zero-order valence-electron chi connectivity index (χ0n) is 48.5. The van der Waals surface area contributed by atoms with E-state index in [2.05, 4.69) is 80.0 Å². The fourth-order valence-electron chi connectivity index (χ4n) is 11.3. The first-order chi connectivity index (χ1) is 42.5. The van der Waals surface area contributed by atoms with Crippen molar-refractivity contribution in [3.63, 3.8) is 0 Å². The Bertz CT molecular complexity index is 4390. The van der Waals surface area contributed by atoms with Crippen molar-refractivity contribution in [1.82, 2.24) is 19.9 Å². The molecule has 430 valence electrons. The summed E-state index contributed by atoms with van der Waals surface area (Å²) < 4.78 is 71.8. The fraction of sp³-hybridized carbons (Fsp3) is 0.105. The summed E-state index contributed by atoms with van der Waals surface area (Å²) in [5, 5.41) is 0. The lowest BCUT2D eigenvalue weighted by Crippen LogP contribution is -2.41. The van der Waals surface area contributed by atoms with Gasteiger partial charge in [0.1, 0.15) is 0 Å². The quantitative estimate of drug-likeness (QED) is 0.112. The molecule has 0 spiro atoms. The minimum atomic E-state index is -3.01. The number of fused-ring (bicyclic) bond motifs is 6. The minimum absolute atomic E-state index is 0.0566. The first-order valence-corrected chi connectivity index (χ1v) is 29.8. The molecule has 88 heavy (non-hydrogen) atoms. The van der Waals surface area contributed by atoms with Crippen LogP contribution in [0.5, 0.6) is 0 Å². The molecule has 0 N–H and O–H groups in total. The predicted octanol–water partition coefficient (Wildman–Crippen LogP) is 19.6. The monoisotopic (exact) mass is 1220 g/mol. The van der Waals surface area contributed by atoms with Crippen molar-refractivity contribution in [2.24, 2.45) is 0 Å². The van der Waals surface area contributed by atoms with Crippen molar-refractivity contribution in [3.8, 4) is 101 Å². The average Bonchev–Trinajstić information content (AvgIpc) is 1.92. The van der Waals surface area contributed by atoms with Gasteiger partial charge in [-0.1, -0.05) is 253 Å². The van der Waals surface area contributed by atoms with Gasteiger partial charge in [0.2, 0.25) is 0 Å². The largest absolute Gasteiger partial charge is 0.494 e. The third kappa shape index (κ3) is 11.2. The summed E-state index contributed by atoms with van der Waals surface area (Å²) in [6, 6.07) is 84.2. The molecule has 0 radical (unpaired) electrons. The molecule has 1 fully saturated rings. The van der Waals surface area contributed by atoms with Crippen LogP contribution in [-0.2, 0) is 21.2 Å². The SMILES string of the molecule is CC1(C)OB(c2ccc(-c3cc(-c4ccccc4)nc(-c4ccccc4)n3)cc2)OC1(C)C.FC1(F)c2ccccc2-c2ccc(-c3ccc(-c4cc(-c5ccccc5)nc(-c5ccccc5)n4)cc3)cc21.FC1(F)c2ccccc2-c2ccc(Br)cc21. The zero-order valence-corrected chi connectivity index (χ0v) is 50.1. The van der Waals surface area contributed by atoms with E-state index in [1.165, 1.54) is 18.2 Å². The Morgan fingerprint density at radius 1 is 0.307 bits per heavy atom. The second-order valence-corrected chi connectivity index (χ2v) is 23.8. The number of hydrogen-bond acceptors (Lipinski definition) is 6. The van der Waals surface area contributed by atoms with Crippen LogP contribution in [0.2, 0.25) is 0 Å². The van der Waals surface area contributed by atoms with Gasteiger partial charge in [0.25, 0.3) is 11.8 Å². The van der Waals surface area contributed by atoms with Gasteiger partial charge in [-0.05, 0) is 96.9 Å². The lowest BCUT2D eigenvalue weighted by Gasteiger charge is -2.32. The Morgan fingerprint density at radius 3 is 1.06 bits per heavy atom. The third-order valence-corrected chi connectivity index (χ3v) is 17.2. The lowest BCUT2D eigenvalue weighted by atomic mass is 9.79. The Kier molecular flexibility index (Phi) is 15.3. The smallest absolute Gasteiger partial charge is 0.399 e. The van der Waals surface area contributed by atoms with Gasteiger partial charge in [-0.2, -0.15) is 17.6 Å². The molecule has 1 saturated heterocycles. The standard InChI is InChI=1S/C35H22F2N2.C28H27BN2O2.C13H7BrF2/c36-35(37)30-14-8-7-13-28(30)29-20-19-27(21-31(29)35)23-15-17-25(18-16-23)33-22-32(24-9-3-1-4-10-24)38-34(39-33)26-11-5-2-6-12-26;1-27(2)28(3,4)33-29(32-27)23-17-15-21(16-18-23)25-19-24(20-11-7-5-8-12-20)30-26(31-25)22-13-9-6-10-14-22;14-8-5-6-10-9-3-1-2-4-11(9)13(15,16)12(10)7-8/h1-22H;5-19H,1-4H3;1-7H. The van der Waals surface area contributed by atoms with E-state index in [9.17, 15) is 8.78 Å². The molecule has 0 unspecified atom stereocenters. The number of nitrogens with zero attached hydrogens (tertiary/aromatic N) is 4. The van der Waals surface area contributed by atoms with Gasteiger partial charge in [0.15, 0.2) is 11.6 Å². The summed E-state index contributed by atoms with van der Waals surface area (Å²) in [6.07, 6.45) is 0. The molecule has 10 aromatic carbocycles. The lowest BCUT2D eigenvalue weighted by molar-refractivity contribution is 0.00578. The molecule has 6 nitrogen and oxygen atoms in total. The molecular weight excluding hydrogens is 1170 g/mol. The van der Waals surface area contributed by atoms with E-state index < -0.39 is 11.8 Å². The normalized spacial score (nSPS) is 14.9. The fourth-order valence-corrected chi connectivity index (χ4v) is 11.6. The Labute approximate surface area is 518 Å². The van der Waals surface area contributed by atoms with Crippen LogP contribution in [0.1, 0.15) is 49.9 Å². The molecule has 12 aromatic rings. The number of hydrogen-bond donors (Lipinski definition) is 0. The van der Waals surface area contributed by atoms with Crippen LogP contribution < -0.4 is 5.46 Å². The highest BCUT2D eigenvalue weighted by Gasteiger charge is 2.52. The van der Waals surface area contributed by atoms with Crippen molar-refractivity contribution < 1.29 is 26.9 Å². The predicted molar refractivity (Wildman–Crippen MR) is 349 cm³/mol. The summed E-state index contributed by atoms with van der Waals surface area (Å²) in [5.41, 5.74) is 14.0. The van der Waals surface area contributed by atoms with E-state index in [4.69, 9.17) is 29.2 Å². The zero-order chi connectivity index (χ0) is 60.8. The molecule has 0 amide bonds. The summed E-state index contributed by atoms with van der Waals surface area (Å²) in [6.45, 7) is 8.27.